The standard InChI is InChI=1S/C16H33N3O2/c1-2-17-13-16(5-3-12-21-15-16)14-19-7-4-6-18(8-9-19)10-11-20/h17,20H,2-15H2,1H3. The maximum atomic E-state index is 9.10. The van der Waals surface area contributed by atoms with E-state index in [-0.39, 0.29) is 6.61 Å². The fourth-order valence-electron chi connectivity index (χ4n) is 3.64. The van der Waals surface area contributed by atoms with Gasteiger partial charge in [0.2, 0.25) is 0 Å². The Kier molecular flexibility index (Phi) is 7.40. The lowest BCUT2D eigenvalue weighted by Crippen LogP contribution is -2.49. The van der Waals surface area contributed by atoms with Gasteiger partial charge in [0.15, 0.2) is 0 Å². The second kappa shape index (κ2) is 9.06. The minimum Gasteiger partial charge on any atom is -0.395 e. The molecule has 0 aromatic rings. The van der Waals surface area contributed by atoms with Crippen molar-refractivity contribution in [3.63, 3.8) is 0 Å². The van der Waals surface area contributed by atoms with Crippen LogP contribution in [0, 0.1) is 5.41 Å². The quantitative estimate of drug-likeness (QED) is 0.712. The van der Waals surface area contributed by atoms with E-state index in [0.29, 0.717) is 5.41 Å². The fourth-order valence-corrected chi connectivity index (χ4v) is 3.64. The Morgan fingerprint density at radius 1 is 1.14 bits per heavy atom. The first kappa shape index (κ1) is 17.2. The van der Waals surface area contributed by atoms with Crippen molar-refractivity contribution in [2.24, 2.45) is 5.41 Å². The molecule has 0 saturated carbocycles. The van der Waals surface area contributed by atoms with Crippen molar-refractivity contribution in [3.05, 3.63) is 0 Å². The van der Waals surface area contributed by atoms with E-state index < -0.39 is 0 Å². The molecule has 0 spiro atoms. The summed E-state index contributed by atoms with van der Waals surface area (Å²) >= 11 is 0. The zero-order valence-corrected chi connectivity index (χ0v) is 13.6. The summed E-state index contributed by atoms with van der Waals surface area (Å²) in [7, 11) is 0. The lowest BCUT2D eigenvalue weighted by Gasteiger charge is -2.41. The molecule has 2 aliphatic rings. The number of aliphatic hydroxyl groups excluding tert-OH is 1. The van der Waals surface area contributed by atoms with Gasteiger partial charge in [-0.3, -0.25) is 4.90 Å². The predicted molar refractivity (Wildman–Crippen MR) is 85.6 cm³/mol. The molecule has 124 valence electrons. The highest BCUT2D eigenvalue weighted by atomic mass is 16.5. The Labute approximate surface area is 129 Å². The Morgan fingerprint density at radius 2 is 1.95 bits per heavy atom. The first-order chi connectivity index (χ1) is 10.3. The van der Waals surface area contributed by atoms with E-state index in [4.69, 9.17) is 9.84 Å². The molecular weight excluding hydrogens is 266 g/mol. The highest BCUT2D eigenvalue weighted by Crippen LogP contribution is 2.29. The van der Waals surface area contributed by atoms with Crippen LogP contribution in [0.25, 0.3) is 0 Å². The number of hydrogen-bond acceptors (Lipinski definition) is 5. The third kappa shape index (κ3) is 5.49. The van der Waals surface area contributed by atoms with Crippen molar-refractivity contribution in [2.45, 2.75) is 26.2 Å². The van der Waals surface area contributed by atoms with Crippen LogP contribution in [0.2, 0.25) is 0 Å². The van der Waals surface area contributed by atoms with Gasteiger partial charge in [0.1, 0.15) is 0 Å². The molecule has 0 aliphatic carbocycles. The number of nitrogens with zero attached hydrogens (tertiary/aromatic N) is 2. The first-order valence-electron chi connectivity index (χ1n) is 8.62. The fraction of sp³-hybridized carbons (Fsp3) is 1.00. The van der Waals surface area contributed by atoms with Crippen molar-refractivity contribution in [3.8, 4) is 0 Å². The van der Waals surface area contributed by atoms with Crippen LogP contribution < -0.4 is 5.32 Å². The topological polar surface area (TPSA) is 48.0 Å². The summed E-state index contributed by atoms with van der Waals surface area (Å²) in [6.45, 7) is 12.8. The van der Waals surface area contributed by atoms with Crippen LogP contribution in [-0.2, 0) is 4.74 Å². The first-order valence-corrected chi connectivity index (χ1v) is 8.62. The van der Waals surface area contributed by atoms with Gasteiger partial charge < -0.3 is 20.1 Å². The zero-order chi connectivity index (χ0) is 15.0. The third-order valence-electron chi connectivity index (χ3n) is 4.81. The molecule has 21 heavy (non-hydrogen) atoms. The number of β-amino-alcohol motifs (C(OH)–C–C–N with tert-alkyl or cyclic N) is 1. The molecular formula is C16H33N3O2. The summed E-state index contributed by atoms with van der Waals surface area (Å²) in [5.41, 5.74) is 0.292. The van der Waals surface area contributed by atoms with Crippen LogP contribution in [0.5, 0.6) is 0 Å². The predicted octanol–water partition coefficient (Wildman–Crippen LogP) is 0.393. The highest BCUT2D eigenvalue weighted by molar-refractivity contribution is 4.88. The summed E-state index contributed by atoms with van der Waals surface area (Å²) in [6.07, 6.45) is 3.67. The SMILES string of the molecule is CCNCC1(CN2CCCN(CCO)CC2)CCCOC1. The van der Waals surface area contributed by atoms with E-state index in [1.165, 1.54) is 25.8 Å². The molecule has 0 aromatic heterocycles. The van der Waals surface area contributed by atoms with Gasteiger partial charge >= 0.3 is 0 Å². The summed E-state index contributed by atoms with van der Waals surface area (Å²) < 4.78 is 5.80. The summed E-state index contributed by atoms with van der Waals surface area (Å²) in [4.78, 5) is 5.00. The molecule has 2 saturated heterocycles. The van der Waals surface area contributed by atoms with E-state index in [9.17, 15) is 0 Å². The van der Waals surface area contributed by atoms with Crippen LogP contribution in [0.3, 0.4) is 0 Å². The van der Waals surface area contributed by atoms with Crippen LogP contribution in [0.15, 0.2) is 0 Å². The molecule has 1 atom stereocenters. The van der Waals surface area contributed by atoms with Crippen LogP contribution in [0.1, 0.15) is 26.2 Å². The number of aliphatic hydroxyl groups is 1. The van der Waals surface area contributed by atoms with E-state index in [1.807, 2.05) is 0 Å². The molecule has 2 aliphatic heterocycles. The van der Waals surface area contributed by atoms with Gasteiger partial charge in [0.25, 0.3) is 0 Å². The van der Waals surface area contributed by atoms with Crippen LogP contribution >= 0.6 is 0 Å². The number of nitrogens with one attached hydrogen (secondary N) is 1. The smallest absolute Gasteiger partial charge is 0.0558 e. The molecule has 5 nitrogen and oxygen atoms in total. The highest BCUT2D eigenvalue weighted by Gasteiger charge is 2.34. The molecule has 2 N–H and O–H groups in total. The number of ether oxygens (including phenoxy) is 1. The molecule has 0 aromatic carbocycles. The molecule has 0 radical (unpaired) electrons. The number of rotatable bonds is 7. The lowest BCUT2D eigenvalue weighted by atomic mass is 9.81. The maximum Gasteiger partial charge on any atom is 0.0558 e. The Morgan fingerprint density at radius 3 is 2.67 bits per heavy atom. The molecule has 0 amide bonds. The second-order valence-corrected chi connectivity index (χ2v) is 6.63. The summed E-state index contributed by atoms with van der Waals surface area (Å²) in [6, 6.07) is 0. The van der Waals surface area contributed by atoms with Gasteiger partial charge in [-0.05, 0) is 38.9 Å². The Hall–Kier alpha value is -0.200. The van der Waals surface area contributed by atoms with Gasteiger partial charge in [-0.25, -0.2) is 0 Å². The van der Waals surface area contributed by atoms with E-state index in [0.717, 1.165) is 59.0 Å². The van der Waals surface area contributed by atoms with Gasteiger partial charge in [-0.1, -0.05) is 6.92 Å². The van der Waals surface area contributed by atoms with Crippen molar-refractivity contribution in [1.82, 2.24) is 15.1 Å². The average molecular weight is 299 g/mol. The van der Waals surface area contributed by atoms with Gasteiger partial charge in [0, 0.05) is 44.7 Å². The van der Waals surface area contributed by atoms with Gasteiger partial charge in [-0.15, -0.1) is 0 Å². The maximum absolute atomic E-state index is 9.10. The number of hydrogen-bond donors (Lipinski definition) is 2. The summed E-state index contributed by atoms with van der Waals surface area (Å²) in [5.74, 6) is 0. The van der Waals surface area contributed by atoms with E-state index in [2.05, 4.69) is 22.0 Å². The molecule has 1 unspecified atom stereocenters. The minimum absolute atomic E-state index is 0.276. The van der Waals surface area contributed by atoms with Gasteiger partial charge in [-0.2, -0.15) is 0 Å². The zero-order valence-electron chi connectivity index (χ0n) is 13.6. The Balaban J connectivity index is 1.87. The lowest BCUT2D eigenvalue weighted by molar-refractivity contribution is -0.0254. The van der Waals surface area contributed by atoms with E-state index in [1.54, 1.807) is 0 Å². The molecule has 2 heterocycles. The molecule has 2 fully saturated rings. The van der Waals surface area contributed by atoms with Crippen molar-refractivity contribution in [1.29, 1.82) is 0 Å². The third-order valence-corrected chi connectivity index (χ3v) is 4.81. The molecule has 5 heteroatoms. The molecule has 0 bridgehead atoms. The van der Waals surface area contributed by atoms with E-state index >= 15 is 0 Å². The second-order valence-electron chi connectivity index (χ2n) is 6.63. The van der Waals surface area contributed by atoms with Crippen molar-refractivity contribution in [2.75, 3.05) is 72.2 Å². The van der Waals surface area contributed by atoms with Crippen molar-refractivity contribution >= 4 is 0 Å². The van der Waals surface area contributed by atoms with Crippen LogP contribution in [0.4, 0.5) is 0 Å². The van der Waals surface area contributed by atoms with Gasteiger partial charge in [0.05, 0.1) is 13.2 Å². The monoisotopic (exact) mass is 299 g/mol. The average Bonchev–Trinajstić information content (AvgIpc) is 2.72. The van der Waals surface area contributed by atoms with Crippen molar-refractivity contribution < 1.29 is 9.84 Å². The normalized spacial score (nSPS) is 29.4. The van der Waals surface area contributed by atoms with Crippen LogP contribution in [-0.4, -0.2) is 87.1 Å². The molecule has 2 rings (SSSR count). The Bertz CT molecular complexity index is 283. The minimum atomic E-state index is 0.276. The summed E-state index contributed by atoms with van der Waals surface area (Å²) in [5, 5.41) is 12.6. The largest absolute Gasteiger partial charge is 0.395 e.